The fourth-order valence-corrected chi connectivity index (χ4v) is 4.57. The van der Waals surface area contributed by atoms with Gasteiger partial charge in [0.15, 0.2) is 0 Å². The molecule has 0 aliphatic carbocycles. The molecule has 146 valence electrons. The van der Waals surface area contributed by atoms with Crippen LogP contribution in [0.3, 0.4) is 0 Å². The van der Waals surface area contributed by atoms with Crippen molar-refractivity contribution in [2.45, 2.75) is 18.0 Å². The number of likely N-dealkylation sites (tertiary alicyclic amines) is 1. The summed E-state index contributed by atoms with van der Waals surface area (Å²) in [7, 11) is 0. The lowest BCUT2D eigenvalue weighted by Crippen LogP contribution is -2.54. The van der Waals surface area contributed by atoms with E-state index >= 15 is 0 Å². The minimum Gasteiger partial charge on any atom is -0.323 e. The van der Waals surface area contributed by atoms with Gasteiger partial charge in [0.2, 0.25) is 5.91 Å². The quantitative estimate of drug-likeness (QED) is 0.375. The van der Waals surface area contributed by atoms with E-state index in [9.17, 15) is 4.79 Å². The van der Waals surface area contributed by atoms with E-state index in [0.29, 0.717) is 0 Å². The third-order valence-electron chi connectivity index (χ3n) is 5.94. The number of hydrogen-bond acceptors (Lipinski definition) is 1. The van der Waals surface area contributed by atoms with Crippen LogP contribution in [0.2, 0.25) is 0 Å². The fraction of sp³-hybridized carbons (Fsp3) is 0.107. The average Bonchev–Trinajstić information content (AvgIpc) is 2.83. The van der Waals surface area contributed by atoms with Crippen LogP contribution in [0.15, 0.2) is 121 Å². The van der Waals surface area contributed by atoms with Gasteiger partial charge >= 0.3 is 0 Å². The molecule has 0 saturated carbocycles. The second-order valence-electron chi connectivity index (χ2n) is 7.71. The van der Waals surface area contributed by atoms with Crippen molar-refractivity contribution in [3.8, 4) is 0 Å². The molecule has 4 aromatic rings. The van der Waals surface area contributed by atoms with Gasteiger partial charge in [-0.1, -0.05) is 121 Å². The van der Waals surface area contributed by atoms with Gasteiger partial charge in [-0.2, -0.15) is 0 Å². The predicted octanol–water partition coefficient (Wildman–Crippen LogP) is 6.14. The second kappa shape index (κ2) is 8.00. The van der Waals surface area contributed by atoms with Crippen molar-refractivity contribution < 1.29 is 4.79 Å². The van der Waals surface area contributed by atoms with Crippen LogP contribution in [0.4, 0.5) is 0 Å². The van der Waals surface area contributed by atoms with Gasteiger partial charge in [0.25, 0.3) is 0 Å². The van der Waals surface area contributed by atoms with Crippen molar-refractivity contribution >= 4 is 5.91 Å². The number of carbonyl (C=O) groups excluding carboxylic acids is 1. The van der Waals surface area contributed by atoms with Crippen LogP contribution >= 0.6 is 0 Å². The number of nitrogens with zero attached hydrogens (tertiary/aromatic N) is 1. The lowest BCUT2D eigenvalue weighted by atomic mass is 9.75. The van der Waals surface area contributed by atoms with Crippen LogP contribution in [0.5, 0.6) is 0 Å². The molecule has 2 nitrogen and oxygen atoms in total. The smallest absolute Gasteiger partial charge is 0.233 e. The van der Waals surface area contributed by atoms with Crippen LogP contribution in [-0.2, 0) is 4.79 Å². The van der Waals surface area contributed by atoms with Gasteiger partial charge in [0.1, 0.15) is 0 Å². The Morgan fingerprint density at radius 2 is 0.933 bits per heavy atom. The predicted molar refractivity (Wildman–Crippen MR) is 120 cm³/mol. The summed E-state index contributed by atoms with van der Waals surface area (Å²) in [5.41, 5.74) is 4.50. The standard InChI is InChI=1S/C28H23NO/c30-28-25(21-13-5-1-6-14-21)27(24-19-11-4-12-20-24)29(28)26(22-15-7-2-8-16-22)23-17-9-3-10-18-23/h1-20,25-27H/t25-,27-/m0/s1. The fourth-order valence-electron chi connectivity index (χ4n) is 4.57. The van der Waals surface area contributed by atoms with E-state index in [-0.39, 0.29) is 23.9 Å². The molecule has 0 aromatic heterocycles. The maximum atomic E-state index is 13.7. The summed E-state index contributed by atoms with van der Waals surface area (Å²) in [5, 5.41) is 0. The summed E-state index contributed by atoms with van der Waals surface area (Å²) < 4.78 is 0. The molecule has 2 atom stereocenters. The minimum atomic E-state index is -0.163. The third-order valence-corrected chi connectivity index (χ3v) is 5.94. The molecule has 0 unspecified atom stereocenters. The zero-order valence-corrected chi connectivity index (χ0v) is 16.6. The number of benzene rings is 4. The Kier molecular flexibility index (Phi) is 4.90. The lowest BCUT2D eigenvalue weighted by Gasteiger charge is -2.52. The summed E-state index contributed by atoms with van der Waals surface area (Å²) in [5.74, 6) is 0.0104. The first-order valence-corrected chi connectivity index (χ1v) is 10.4. The first-order chi connectivity index (χ1) is 14.8. The number of hydrogen-bond donors (Lipinski definition) is 0. The highest BCUT2D eigenvalue weighted by atomic mass is 16.2. The number of rotatable bonds is 5. The van der Waals surface area contributed by atoms with Gasteiger partial charge in [0, 0.05) is 0 Å². The van der Waals surface area contributed by atoms with Crippen LogP contribution in [0.25, 0.3) is 0 Å². The molecule has 1 heterocycles. The van der Waals surface area contributed by atoms with Crippen LogP contribution < -0.4 is 0 Å². The van der Waals surface area contributed by atoms with E-state index in [4.69, 9.17) is 0 Å². The summed E-state index contributed by atoms with van der Waals surface area (Å²) >= 11 is 0. The highest BCUT2D eigenvalue weighted by Gasteiger charge is 2.52. The first-order valence-electron chi connectivity index (χ1n) is 10.4. The largest absolute Gasteiger partial charge is 0.323 e. The van der Waals surface area contributed by atoms with Gasteiger partial charge in [0.05, 0.1) is 18.0 Å². The summed E-state index contributed by atoms with van der Waals surface area (Å²) in [4.78, 5) is 15.7. The Morgan fingerprint density at radius 3 is 1.40 bits per heavy atom. The highest BCUT2D eigenvalue weighted by molar-refractivity contribution is 5.92. The highest BCUT2D eigenvalue weighted by Crippen LogP contribution is 2.52. The molecular weight excluding hydrogens is 366 g/mol. The van der Waals surface area contributed by atoms with E-state index in [2.05, 4.69) is 65.6 Å². The summed E-state index contributed by atoms with van der Waals surface area (Å²) in [6, 6.07) is 41.1. The van der Waals surface area contributed by atoms with Crippen molar-refractivity contribution in [3.63, 3.8) is 0 Å². The monoisotopic (exact) mass is 389 g/mol. The lowest BCUT2D eigenvalue weighted by molar-refractivity contribution is -0.153. The molecule has 1 aliphatic heterocycles. The van der Waals surface area contributed by atoms with Crippen LogP contribution in [0.1, 0.15) is 40.3 Å². The van der Waals surface area contributed by atoms with Crippen molar-refractivity contribution in [3.05, 3.63) is 144 Å². The maximum absolute atomic E-state index is 13.7. The van der Waals surface area contributed by atoms with Crippen LogP contribution in [0, 0.1) is 0 Å². The van der Waals surface area contributed by atoms with Crippen LogP contribution in [-0.4, -0.2) is 10.8 Å². The normalized spacial score (nSPS) is 18.3. The third kappa shape index (κ3) is 3.21. The molecule has 1 saturated heterocycles. The van der Waals surface area contributed by atoms with Gasteiger partial charge in [-0.25, -0.2) is 0 Å². The van der Waals surface area contributed by atoms with Gasteiger partial charge < -0.3 is 4.90 Å². The Hall–Kier alpha value is -3.65. The average molecular weight is 389 g/mol. The number of amides is 1. The van der Waals surface area contributed by atoms with E-state index < -0.39 is 0 Å². The molecule has 1 fully saturated rings. The molecule has 0 spiro atoms. The Balaban J connectivity index is 1.64. The topological polar surface area (TPSA) is 20.3 Å². The molecule has 0 radical (unpaired) electrons. The Bertz CT molecular complexity index is 1070. The van der Waals surface area contributed by atoms with Gasteiger partial charge in [-0.15, -0.1) is 0 Å². The zero-order chi connectivity index (χ0) is 20.3. The van der Waals surface area contributed by atoms with Crippen molar-refractivity contribution in [2.24, 2.45) is 0 Å². The number of carbonyl (C=O) groups is 1. The molecule has 2 heteroatoms. The molecular formula is C28H23NO. The molecule has 1 amide bonds. The SMILES string of the molecule is O=C1[C@@H](c2ccccc2)[C@H](c2ccccc2)N1C(c1ccccc1)c1ccccc1. The Morgan fingerprint density at radius 1 is 0.533 bits per heavy atom. The van der Waals surface area contributed by atoms with E-state index in [1.807, 2.05) is 60.7 Å². The summed E-state index contributed by atoms with van der Waals surface area (Å²) in [6.07, 6.45) is 0. The van der Waals surface area contributed by atoms with E-state index in [1.54, 1.807) is 0 Å². The molecule has 4 aromatic carbocycles. The minimum absolute atomic E-state index is 0.00786. The molecule has 5 rings (SSSR count). The van der Waals surface area contributed by atoms with Crippen molar-refractivity contribution in [1.82, 2.24) is 4.90 Å². The van der Waals surface area contributed by atoms with Crippen molar-refractivity contribution in [1.29, 1.82) is 0 Å². The maximum Gasteiger partial charge on any atom is 0.233 e. The van der Waals surface area contributed by atoms with Gasteiger partial charge in [-0.3, -0.25) is 4.79 Å². The molecule has 30 heavy (non-hydrogen) atoms. The Labute approximate surface area is 177 Å². The van der Waals surface area contributed by atoms with E-state index in [1.165, 1.54) is 5.56 Å². The first kappa shape index (κ1) is 18.4. The second-order valence-corrected chi connectivity index (χ2v) is 7.71. The summed E-state index contributed by atoms with van der Waals surface area (Å²) in [6.45, 7) is 0. The van der Waals surface area contributed by atoms with Crippen molar-refractivity contribution in [2.75, 3.05) is 0 Å². The molecule has 0 bridgehead atoms. The van der Waals surface area contributed by atoms with E-state index in [0.717, 1.165) is 16.7 Å². The number of β-lactam (4-membered cyclic amide) rings is 1. The molecule has 0 N–H and O–H groups in total. The zero-order valence-electron chi connectivity index (χ0n) is 16.6. The van der Waals surface area contributed by atoms with Gasteiger partial charge in [-0.05, 0) is 22.3 Å². The molecule has 1 aliphatic rings.